The minimum atomic E-state index is -0.0140. The van der Waals surface area contributed by atoms with Crippen LogP contribution in [0.1, 0.15) is 16.8 Å². The summed E-state index contributed by atoms with van der Waals surface area (Å²) < 4.78 is 1.75. The molecule has 0 aliphatic heterocycles. The van der Waals surface area contributed by atoms with Gasteiger partial charge in [0.25, 0.3) is 5.91 Å². The van der Waals surface area contributed by atoms with Gasteiger partial charge in [-0.2, -0.15) is 16.4 Å². The Morgan fingerprint density at radius 1 is 1.56 bits per heavy atom. The lowest BCUT2D eigenvalue weighted by Gasteiger charge is -2.03. The van der Waals surface area contributed by atoms with Crippen molar-refractivity contribution in [3.63, 3.8) is 0 Å². The molecular weight excluding hydrogens is 224 g/mol. The molecule has 0 bridgehead atoms. The number of carbonyl (C=O) groups is 1. The number of hydrogen-bond donors (Lipinski definition) is 1. The highest BCUT2D eigenvalue weighted by atomic mass is 32.1. The molecule has 84 valence electrons. The minimum absolute atomic E-state index is 0.0140. The van der Waals surface area contributed by atoms with Gasteiger partial charge in [-0.1, -0.05) is 0 Å². The van der Waals surface area contributed by atoms with Gasteiger partial charge >= 0.3 is 0 Å². The summed E-state index contributed by atoms with van der Waals surface area (Å²) in [6.07, 6.45) is 4.02. The maximum atomic E-state index is 11.5. The molecule has 0 radical (unpaired) electrons. The van der Waals surface area contributed by atoms with E-state index < -0.39 is 0 Å². The van der Waals surface area contributed by atoms with Crippen molar-refractivity contribution >= 4 is 17.2 Å². The Kier molecular flexibility index (Phi) is 3.66. The lowest BCUT2D eigenvalue weighted by atomic mass is 10.3. The Labute approximate surface area is 97.1 Å². The Bertz CT molecular complexity index is 424. The van der Waals surface area contributed by atoms with Crippen LogP contribution >= 0.6 is 11.3 Å². The van der Waals surface area contributed by atoms with Gasteiger partial charge in [-0.3, -0.25) is 9.48 Å². The van der Waals surface area contributed by atoms with Crippen molar-refractivity contribution in [1.29, 1.82) is 0 Å². The van der Waals surface area contributed by atoms with Gasteiger partial charge in [0.15, 0.2) is 0 Å². The lowest BCUT2D eigenvalue weighted by Crippen LogP contribution is -2.24. The van der Waals surface area contributed by atoms with E-state index in [9.17, 15) is 4.79 Å². The Balaban J connectivity index is 1.67. The molecule has 0 saturated heterocycles. The van der Waals surface area contributed by atoms with E-state index in [0.29, 0.717) is 6.54 Å². The first-order valence-corrected chi connectivity index (χ1v) is 5.93. The molecular formula is C10H12N4OS. The minimum Gasteiger partial charge on any atom is -0.352 e. The maximum Gasteiger partial charge on any atom is 0.252 e. The third-order valence-corrected chi connectivity index (χ3v) is 2.78. The zero-order chi connectivity index (χ0) is 11.2. The highest BCUT2D eigenvalue weighted by molar-refractivity contribution is 7.08. The molecule has 0 spiro atoms. The molecule has 0 fully saturated rings. The third-order valence-electron chi connectivity index (χ3n) is 2.10. The van der Waals surface area contributed by atoms with Crippen molar-refractivity contribution in [3.8, 4) is 0 Å². The number of aryl methyl sites for hydroxylation is 1. The predicted molar refractivity (Wildman–Crippen MR) is 61.3 cm³/mol. The van der Waals surface area contributed by atoms with Crippen LogP contribution in [0.4, 0.5) is 0 Å². The number of amides is 1. The van der Waals surface area contributed by atoms with E-state index in [4.69, 9.17) is 0 Å². The number of rotatable bonds is 5. The summed E-state index contributed by atoms with van der Waals surface area (Å²) in [4.78, 5) is 15.4. The van der Waals surface area contributed by atoms with Gasteiger partial charge < -0.3 is 5.32 Å². The van der Waals surface area contributed by atoms with Crippen LogP contribution in [0.3, 0.4) is 0 Å². The zero-order valence-electron chi connectivity index (χ0n) is 8.67. The molecule has 6 heteroatoms. The molecule has 2 aromatic rings. The van der Waals surface area contributed by atoms with Crippen molar-refractivity contribution in [3.05, 3.63) is 35.0 Å². The first-order chi connectivity index (χ1) is 7.86. The molecule has 1 amide bonds. The van der Waals surface area contributed by atoms with Crippen molar-refractivity contribution in [2.24, 2.45) is 0 Å². The highest BCUT2D eigenvalue weighted by Crippen LogP contribution is 2.05. The van der Waals surface area contributed by atoms with Gasteiger partial charge in [-0.15, -0.1) is 0 Å². The molecule has 0 atom stereocenters. The topological polar surface area (TPSA) is 59.8 Å². The third kappa shape index (κ3) is 2.90. The summed E-state index contributed by atoms with van der Waals surface area (Å²) in [5, 5.41) is 10.6. The number of nitrogens with one attached hydrogen (secondary N) is 1. The second kappa shape index (κ2) is 5.41. The van der Waals surface area contributed by atoms with Gasteiger partial charge in [0.05, 0.1) is 0 Å². The monoisotopic (exact) mass is 236 g/mol. The zero-order valence-corrected chi connectivity index (χ0v) is 9.48. The predicted octanol–water partition coefficient (Wildman–Crippen LogP) is 1.16. The number of thiophene rings is 1. The Hall–Kier alpha value is -1.69. The van der Waals surface area contributed by atoms with E-state index in [-0.39, 0.29) is 5.91 Å². The number of nitrogens with zero attached hydrogens (tertiary/aromatic N) is 3. The van der Waals surface area contributed by atoms with E-state index in [1.54, 1.807) is 11.0 Å². The summed E-state index contributed by atoms with van der Waals surface area (Å²) in [6, 6.07) is 1.82. The first kappa shape index (κ1) is 10.8. The summed E-state index contributed by atoms with van der Waals surface area (Å²) >= 11 is 1.52. The molecule has 5 nitrogen and oxygen atoms in total. The molecule has 0 aliphatic rings. The average Bonchev–Trinajstić information content (AvgIpc) is 2.96. The van der Waals surface area contributed by atoms with Crippen LogP contribution < -0.4 is 5.32 Å². The van der Waals surface area contributed by atoms with Crippen LogP contribution in [0, 0.1) is 0 Å². The first-order valence-electron chi connectivity index (χ1n) is 4.99. The molecule has 16 heavy (non-hydrogen) atoms. The smallest absolute Gasteiger partial charge is 0.252 e. The second-order valence-corrected chi connectivity index (χ2v) is 4.06. The number of aromatic nitrogens is 3. The molecule has 0 saturated carbocycles. The Morgan fingerprint density at radius 2 is 2.50 bits per heavy atom. The fraction of sp³-hybridized carbons (Fsp3) is 0.300. The van der Waals surface area contributed by atoms with Gasteiger partial charge in [-0.05, 0) is 17.9 Å². The van der Waals surface area contributed by atoms with Crippen molar-refractivity contribution in [2.45, 2.75) is 13.0 Å². The number of carbonyl (C=O) groups excluding carboxylic acids is 1. The molecule has 2 rings (SSSR count). The van der Waals surface area contributed by atoms with Crippen LogP contribution in [0.5, 0.6) is 0 Å². The normalized spacial score (nSPS) is 10.2. The van der Waals surface area contributed by atoms with Crippen molar-refractivity contribution in [2.75, 3.05) is 6.54 Å². The largest absolute Gasteiger partial charge is 0.352 e. The molecule has 2 heterocycles. The molecule has 1 N–H and O–H groups in total. The highest BCUT2D eigenvalue weighted by Gasteiger charge is 2.03. The van der Waals surface area contributed by atoms with Crippen molar-refractivity contribution < 1.29 is 4.79 Å². The quantitative estimate of drug-likeness (QED) is 0.792. The number of hydrogen-bond acceptors (Lipinski definition) is 4. The van der Waals surface area contributed by atoms with E-state index >= 15 is 0 Å². The average molecular weight is 236 g/mol. The fourth-order valence-corrected chi connectivity index (χ4v) is 1.92. The summed E-state index contributed by atoms with van der Waals surface area (Å²) in [5.41, 5.74) is 0.728. The summed E-state index contributed by atoms with van der Waals surface area (Å²) in [6.45, 7) is 1.42. The lowest BCUT2D eigenvalue weighted by molar-refractivity contribution is 0.0953. The second-order valence-electron chi connectivity index (χ2n) is 3.28. The van der Waals surface area contributed by atoms with Gasteiger partial charge in [0.2, 0.25) is 0 Å². The summed E-state index contributed by atoms with van der Waals surface area (Å²) in [7, 11) is 0. The Morgan fingerprint density at radius 3 is 3.19 bits per heavy atom. The molecule has 0 unspecified atom stereocenters. The fourth-order valence-electron chi connectivity index (χ4n) is 1.29. The van der Waals surface area contributed by atoms with Crippen LogP contribution in [0.25, 0.3) is 0 Å². The maximum absolute atomic E-state index is 11.5. The molecule has 0 aliphatic carbocycles. The van der Waals surface area contributed by atoms with Crippen LogP contribution in [0.2, 0.25) is 0 Å². The van der Waals surface area contributed by atoms with Crippen LogP contribution in [-0.4, -0.2) is 27.2 Å². The molecule has 0 aromatic carbocycles. The summed E-state index contributed by atoms with van der Waals surface area (Å²) in [5.74, 6) is -0.0140. The van der Waals surface area contributed by atoms with E-state index in [2.05, 4.69) is 15.4 Å². The van der Waals surface area contributed by atoms with Gasteiger partial charge in [0, 0.05) is 24.0 Å². The van der Waals surface area contributed by atoms with E-state index in [1.807, 2.05) is 16.8 Å². The van der Waals surface area contributed by atoms with Crippen molar-refractivity contribution in [1.82, 2.24) is 20.1 Å². The van der Waals surface area contributed by atoms with Gasteiger partial charge in [-0.25, -0.2) is 4.98 Å². The SMILES string of the molecule is O=C(NCCCn1cncn1)c1ccsc1. The van der Waals surface area contributed by atoms with E-state index in [1.165, 1.54) is 17.7 Å². The van der Waals surface area contributed by atoms with Crippen LogP contribution in [-0.2, 0) is 6.54 Å². The van der Waals surface area contributed by atoms with Crippen LogP contribution in [0.15, 0.2) is 29.5 Å². The molecule has 2 aromatic heterocycles. The standard InChI is InChI=1S/C10H12N4OS/c15-10(9-2-5-16-6-9)12-3-1-4-14-8-11-7-13-14/h2,5-8H,1,3-4H2,(H,12,15). The van der Waals surface area contributed by atoms with E-state index in [0.717, 1.165) is 18.5 Å². The van der Waals surface area contributed by atoms with Gasteiger partial charge in [0.1, 0.15) is 12.7 Å².